The van der Waals surface area contributed by atoms with Crippen LogP contribution in [-0.2, 0) is 9.53 Å². The van der Waals surface area contributed by atoms with Gasteiger partial charge in [-0.2, -0.15) is 0 Å². The number of rotatable bonds is 4. The Morgan fingerprint density at radius 2 is 2.33 bits per heavy atom. The number of cyclic esters (lactones) is 1. The summed E-state index contributed by atoms with van der Waals surface area (Å²) in [6.45, 7) is 4.45. The Kier molecular flexibility index (Phi) is 3.57. The van der Waals surface area contributed by atoms with E-state index in [1.807, 2.05) is 0 Å². The van der Waals surface area contributed by atoms with Crippen molar-refractivity contribution in [1.82, 2.24) is 0 Å². The average molecular weight is 170 g/mol. The van der Waals surface area contributed by atoms with Crippen LogP contribution >= 0.6 is 0 Å². The molecule has 0 spiro atoms. The van der Waals surface area contributed by atoms with Crippen molar-refractivity contribution in [3.8, 4) is 0 Å². The van der Waals surface area contributed by atoms with Gasteiger partial charge < -0.3 is 4.74 Å². The van der Waals surface area contributed by atoms with Crippen molar-refractivity contribution in [2.75, 3.05) is 0 Å². The SMILES string of the molecule is CC(C)CCCC1CCC(=O)O1. The maximum Gasteiger partial charge on any atom is 0.306 e. The summed E-state index contributed by atoms with van der Waals surface area (Å²) >= 11 is 0. The van der Waals surface area contributed by atoms with Gasteiger partial charge >= 0.3 is 5.97 Å². The monoisotopic (exact) mass is 170 g/mol. The highest BCUT2D eigenvalue weighted by molar-refractivity contribution is 5.71. The molecule has 0 aromatic heterocycles. The van der Waals surface area contributed by atoms with Gasteiger partial charge in [0.1, 0.15) is 6.10 Å². The molecule has 2 heteroatoms. The zero-order chi connectivity index (χ0) is 8.97. The lowest BCUT2D eigenvalue weighted by Crippen LogP contribution is -2.06. The molecule has 0 N–H and O–H groups in total. The van der Waals surface area contributed by atoms with Crippen LogP contribution in [0.3, 0.4) is 0 Å². The van der Waals surface area contributed by atoms with Gasteiger partial charge in [-0.3, -0.25) is 4.79 Å². The van der Waals surface area contributed by atoms with E-state index in [0.717, 1.165) is 18.8 Å². The number of ether oxygens (including phenoxy) is 1. The van der Waals surface area contributed by atoms with Gasteiger partial charge in [-0.15, -0.1) is 0 Å². The van der Waals surface area contributed by atoms with E-state index < -0.39 is 0 Å². The largest absolute Gasteiger partial charge is 0.462 e. The van der Waals surface area contributed by atoms with Crippen LogP contribution in [0.5, 0.6) is 0 Å². The molecule has 0 bridgehead atoms. The van der Waals surface area contributed by atoms with Crippen LogP contribution in [0.4, 0.5) is 0 Å². The second-order valence-corrected chi connectivity index (χ2v) is 3.98. The highest BCUT2D eigenvalue weighted by atomic mass is 16.5. The normalized spacial score (nSPS) is 23.2. The summed E-state index contributed by atoms with van der Waals surface area (Å²) in [4.78, 5) is 10.7. The molecule has 0 amide bonds. The van der Waals surface area contributed by atoms with Gasteiger partial charge in [0.25, 0.3) is 0 Å². The maximum absolute atomic E-state index is 10.7. The summed E-state index contributed by atoms with van der Waals surface area (Å²) in [6.07, 6.45) is 5.30. The van der Waals surface area contributed by atoms with Gasteiger partial charge in [0.15, 0.2) is 0 Å². The molecule has 0 saturated carbocycles. The van der Waals surface area contributed by atoms with Crippen LogP contribution in [0.2, 0.25) is 0 Å². The lowest BCUT2D eigenvalue weighted by atomic mass is 10.0. The van der Waals surface area contributed by atoms with E-state index in [9.17, 15) is 4.79 Å². The fourth-order valence-electron chi connectivity index (χ4n) is 1.54. The first-order chi connectivity index (χ1) is 5.68. The number of hydrogen-bond acceptors (Lipinski definition) is 2. The topological polar surface area (TPSA) is 26.3 Å². The fraction of sp³-hybridized carbons (Fsp3) is 0.900. The zero-order valence-corrected chi connectivity index (χ0v) is 8.01. The molecule has 1 heterocycles. The van der Waals surface area contributed by atoms with Crippen LogP contribution < -0.4 is 0 Å². The fourth-order valence-corrected chi connectivity index (χ4v) is 1.54. The number of carbonyl (C=O) groups excluding carboxylic acids is 1. The van der Waals surface area contributed by atoms with Crippen LogP contribution in [0.25, 0.3) is 0 Å². The maximum atomic E-state index is 10.7. The standard InChI is InChI=1S/C10H18O2/c1-8(2)4-3-5-9-6-7-10(11)12-9/h8-9H,3-7H2,1-2H3. The van der Waals surface area contributed by atoms with Crippen LogP contribution in [0.1, 0.15) is 46.0 Å². The Balaban J connectivity index is 2.04. The molecule has 1 aliphatic rings. The summed E-state index contributed by atoms with van der Waals surface area (Å²) < 4.78 is 5.10. The van der Waals surface area contributed by atoms with Crippen molar-refractivity contribution in [3.05, 3.63) is 0 Å². The van der Waals surface area contributed by atoms with E-state index in [2.05, 4.69) is 13.8 Å². The highest BCUT2D eigenvalue weighted by Gasteiger charge is 2.22. The van der Waals surface area contributed by atoms with Gasteiger partial charge in [-0.25, -0.2) is 0 Å². The molecule has 12 heavy (non-hydrogen) atoms. The first-order valence-electron chi connectivity index (χ1n) is 4.88. The molecule has 1 aliphatic heterocycles. The third-order valence-electron chi connectivity index (χ3n) is 2.28. The van der Waals surface area contributed by atoms with Gasteiger partial charge in [-0.1, -0.05) is 20.3 Å². The molecule has 1 atom stereocenters. The van der Waals surface area contributed by atoms with Gasteiger partial charge in [-0.05, 0) is 25.2 Å². The van der Waals surface area contributed by atoms with Crippen LogP contribution in [0.15, 0.2) is 0 Å². The second-order valence-electron chi connectivity index (χ2n) is 3.98. The third-order valence-corrected chi connectivity index (χ3v) is 2.28. The molecule has 2 nitrogen and oxygen atoms in total. The van der Waals surface area contributed by atoms with E-state index in [4.69, 9.17) is 4.74 Å². The molecule has 70 valence electrons. The summed E-state index contributed by atoms with van der Waals surface area (Å²) in [5.74, 6) is 0.756. The summed E-state index contributed by atoms with van der Waals surface area (Å²) in [5, 5.41) is 0. The zero-order valence-electron chi connectivity index (χ0n) is 8.01. The second kappa shape index (κ2) is 4.48. The smallest absolute Gasteiger partial charge is 0.306 e. The first kappa shape index (κ1) is 9.56. The minimum absolute atomic E-state index is 0.00968. The molecule has 1 rings (SSSR count). The molecule has 1 fully saturated rings. The van der Waals surface area contributed by atoms with E-state index in [1.54, 1.807) is 0 Å². The molecule has 0 aromatic rings. The summed E-state index contributed by atoms with van der Waals surface area (Å²) in [6, 6.07) is 0. The quantitative estimate of drug-likeness (QED) is 0.606. The number of carbonyl (C=O) groups is 1. The Morgan fingerprint density at radius 3 is 2.83 bits per heavy atom. The van der Waals surface area contributed by atoms with Crippen molar-refractivity contribution in [2.24, 2.45) is 5.92 Å². The van der Waals surface area contributed by atoms with Crippen molar-refractivity contribution in [2.45, 2.75) is 52.1 Å². The lowest BCUT2D eigenvalue weighted by Gasteiger charge is -2.09. The molecule has 1 saturated heterocycles. The molecule has 1 unspecified atom stereocenters. The van der Waals surface area contributed by atoms with Gasteiger partial charge in [0, 0.05) is 6.42 Å². The van der Waals surface area contributed by atoms with E-state index in [-0.39, 0.29) is 12.1 Å². The average Bonchev–Trinajstić information content (AvgIpc) is 2.35. The minimum Gasteiger partial charge on any atom is -0.462 e. The van der Waals surface area contributed by atoms with Crippen LogP contribution in [0, 0.1) is 5.92 Å². The Hall–Kier alpha value is -0.530. The van der Waals surface area contributed by atoms with E-state index in [0.29, 0.717) is 6.42 Å². The van der Waals surface area contributed by atoms with Crippen molar-refractivity contribution in [3.63, 3.8) is 0 Å². The lowest BCUT2D eigenvalue weighted by molar-refractivity contribution is -0.141. The molecule has 0 radical (unpaired) electrons. The minimum atomic E-state index is -0.00968. The Bertz CT molecular complexity index is 152. The molecule has 0 aromatic carbocycles. The highest BCUT2D eigenvalue weighted by Crippen LogP contribution is 2.20. The Morgan fingerprint density at radius 1 is 1.58 bits per heavy atom. The summed E-state index contributed by atoms with van der Waals surface area (Å²) in [7, 11) is 0. The van der Waals surface area contributed by atoms with Crippen LogP contribution in [-0.4, -0.2) is 12.1 Å². The third kappa shape index (κ3) is 3.24. The summed E-state index contributed by atoms with van der Waals surface area (Å²) in [5.41, 5.74) is 0. The predicted molar refractivity (Wildman–Crippen MR) is 47.8 cm³/mol. The van der Waals surface area contributed by atoms with Gasteiger partial charge in [0.2, 0.25) is 0 Å². The molecule has 0 aliphatic carbocycles. The number of esters is 1. The first-order valence-corrected chi connectivity index (χ1v) is 4.88. The van der Waals surface area contributed by atoms with E-state index in [1.165, 1.54) is 12.8 Å². The molecular formula is C10H18O2. The molecular weight excluding hydrogens is 152 g/mol. The van der Waals surface area contributed by atoms with Crippen molar-refractivity contribution in [1.29, 1.82) is 0 Å². The van der Waals surface area contributed by atoms with E-state index >= 15 is 0 Å². The van der Waals surface area contributed by atoms with Crippen molar-refractivity contribution < 1.29 is 9.53 Å². The Labute approximate surface area is 74.3 Å². The number of hydrogen-bond donors (Lipinski definition) is 0. The van der Waals surface area contributed by atoms with Crippen molar-refractivity contribution >= 4 is 5.97 Å². The predicted octanol–water partition coefficient (Wildman–Crippen LogP) is 2.52. The van der Waals surface area contributed by atoms with Gasteiger partial charge in [0.05, 0.1) is 0 Å².